The van der Waals surface area contributed by atoms with Crippen molar-refractivity contribution >= 4 is 11.0 Å². The van der Waals surface area contributed by atoms with E-state index in [1.54, 1.807) is 11.0 Å². The highest BCUT2D eigenvalue weighted by atomic mass is 19.1. The highest BCUT2D eigenvalue weighted by Gasteiger charge is 2.12. The van der Waals surface area contributed by atoms with Crippen molar-refractivity contribution in [3.05, 3.63) is 48.3 Å². The van der Waals surface area contributed by atoms with Crippen LogP contribution in [0, 0.1) is 17.7 Å². The van der Waals surface area contributed by atoms with Crippen molar-refractivity contribution in [1.29, 1.82) is 0 Å². The van der Waals surface area contributed by atoms with Crippen LogP contribution >= 0.6 is 0 Å². The SMILES string of the molecule is CCC#CC(C)OCc1nn(-n2cnc3ccccc32)cc1F. The van der Waals surface area contributed by atoms with Gasteiger partial charge in [0.25, 0.3) is 0 Å². The van der Waals surface area contributed by atoms with Gasteiger partial charge in [-0.1, -0.05) is 25.0 Å². The second-order valence-electron chi connectivity index (χ2n) is 5.05. The van der Waals surface area contributed by atoms with Crippen molar-refractivity contribution in [3.8, 4) is 11.8 Å². The Balaban J connectivity index is 1.81. The number of hydrogen-bond donors (Lipinski definition) is 0. The summed E-state index contributed by atoms with van der Waals surface area (Å²) in [6.45, 7) is 3.88. The Kier molecular flexibility index (Phi) is 4.40. The smallest absolute Gasteiger partial charge is 0.168 e. The molecule has 0 bridgehead atoms. The Labute approximate surface area is 133 Å². The fourth-order valence-electron chi connectivity index (χ4n) is 2.19. The molecule has 0 aliphatic carbocycles. The van der Waals surface area contributed by atoms with Gasteiger partial charge in [-0.05, 0) is 19.1 Å². The van der Waals surface area contributed by atoms with Gasteiger partial charge in [-0.25, -0.2) is 14.1 Å². The second kappa shape index (κ2) is 6.63. The predicted octanol–water partition coefficient (Wildman–Crippen LogP) is 3.00. The minimum Gasteiger partial charge on any atom is -0.359 e. The quantitative estimate of drug-likeness (QED) is 0.696. The molecule has 0 fully saturated rings. The minimum absolute atomic E-state index is 0.0744. The van der Waals surface area contributed by atoms with Gasteiger partial charge < -0.3 is 4.74 Å². The van der Waals surface area contributed by atoms with Crippen molar-refractivity contribution in [2.75, 3.05) is 0 Å². The summed E-state index contributed by atoms with van der Waals surface area (Å²) in [6, 6.07) is 7.60. The second-order valence-corrected chi connectivity index (χ2v) is 5.05. The number of ether oxygens (including phenoxy) is 1. The first-order valence-electron chi connectivity index (χ1n) is 7.46. The summed E-state index contributed by atoms with van der Waals surface area (Å²) in [5.74, 6) is 5.46. The molecule has 5 nitrogen and oxygen atoms in total. The minimum atomic E-state index is -0.418. The summed E-state index contributed by atoms with van der Waals surface area (Å²) in [5.41, 5.74) is 1.92. The Bertz CT molecular complexity index is 871. The van der Waals surface area contributed by atoms with Crippen LogP contribution in [0.1, 0.15) is 26.0 Å². The molecule has 0 saturated carbocycles. The fourth-order valence-corrected chi connectivity index (χ4v) is 2.19. The third-order valence-corrected chi connectivity index (χ3v) is 3.34. The van der Waals surface area contributed by atoms with Crippen LogP contribution in [0.25, 0.3) is 11.0 Å². The van der Waals surface area contributed by atoms with E-state index in [1.165, 1.54) is 11.0 Å². The Morgan fingerprint density at radius 1 is 1.35 bits per heavy atom. The molecule has 0 N–H and O–H groups in total. The lowest BCUT2D eigenvalue weighted by Crippen LogP contribution is -2.10. The first-order valence-corrected chi connectivity index (χ1v) is 7.46. The lowest BCUT2D eigenvalue weighted by molar-refractivity contribution is 0.0852. The number of halogens is 1. The number of hydrogen-bond acceptors (Lipinski definition) is 3. The van der Waals surface area contributed by atoms with E-state index < -0.39 is 5.82 Å². The Morgan fingerprint density at radius 2 is 2.17 bits per heavy atom. The van der Waals surface area contributed by atoms with E-state index in [9.17, 15) is 4.39 Å². The molecule has 0 saturated heterocycles. The molecule has 1 atom stereocenters. The van der Waals surface area contributed by atoms with Crippen LogP contribution in [-0.2, 0) is 11.3 Å². The van der Waals surface area contributed by atoms with E-state index >= 15 is 0 Å². The monoisotopic (exact) mass is 312 g/mol. The van der Waals surface area contributed by atoms with Gasteiger partial charge in [0, 0.05) is 6.42 Å². The lowest BCUT2D eigenvalue weighted by Gasteiger charge is -2.05. The number of para-hydroxylation sites is 2. The van der Waals surface area contributed by atoms with Crippen LogP contribution < -0.4 is 0 Å². The summed E-state index contributed by atoms with van der Waals surface area (Å²) in [4.78, 5) is 5.69. The normalized spacial score (nSPS) is 12.1. The van der Waals surface area contributed by atoms with Crippen LogP contribution in [0.15, 0.2) is 36.8 Å². The molecule has 0 spiro atoms. The van der Waals surface area contributed by atoms with Crippen molar-refractivity contribution in [1.82, 2.24) is 19.5 Å². The van der Waals surface area contributed by atoms with Crippen LogP contribution in [0.5, 0.6) is 0 Å². The average molecular weight is 312 g/mol. The van der Waals surface area contributed by atoms with Crippen molar-refractivity contribution in [3.63, 3.8) is 0 Å². The molecular weight excluding hydrogens is 295 g/mol. The van der Waals surface area contributed by atoms with Crippen molar-refractivity contribution in [2.24, 2.45) is 0 Å². The van der Waals surface area contributed by atoms with Gasteiger partial charge in [0.2, 0.25) is 0 Å². The third-order valence-electron chi connectivity index (χ3n) is 3.34. The summed E-state index contributed by atoms with van der Waals surface area (Å²) in [7, 11) is 0. The molecule has 0 aliphatic rings. The number of aromatic nitrogens is 4. The zero-order valence-corrected chi connectivity index (χ0v) is 13.0. The summed E-state index contributed by atoms with van der Waals surface area (Å²) in [6.07, 6.45) is 3.44. The number of fused-ring (bicyclic) bond motifs is 1. The van der Waals surface area contributed by atoms with E-state index in [-0.39, 0.29) is 18.4 Å². The van der Waals surface area contributed by atoms with E-state index in [0.717, 1.165) is 17.5 Å². The summed E-state index contributed by atoms with van der Waals surface area (Å²) in [5, 5.41) is 4.25. The maximum absolute atomic E-state index is 14.1. The van der Waals surface area contributed by atoms with E-state index in [4.69, 9.17) is 4.74 Å². The molecule has 0 aliphatic heterocycles. The molecule has 118 valence electrons. The van der Waals surface area contributed by atoms with Gasteiger partial charge >= 0.3 is 0 Å². The molecule has 3 aromatic rings. The molecule has 23 heavy (non-hydrogen) atoms. The predicted molar refractivity (Wildman–Crippen MR) is 85.0 cm³/mol. The average Bonchev–Trinajstić information content (AvgIpc) is 3.14. The Morgan fingerprint density at radius 3 is 3.00 bits per heavy atom. The molecule has 2 heterocycles. The van der Waals surface area contributed by atoms with Gasteiger partial charge in [0.1, 0.15) is 18.1 Å². The number of imidazole rings is 1. The summed E-state index contributed by atoms with van der Waals surface area (Å²) < 4.78 is 21.3. The standard InChI is InChI=1S/C17H17FN4O/c1-3-4-7-13(2)23-11-16-14(18)10-22(20-16)21-12-19-15-8-5-6-9-17(15)21/h5-6,8-10,12-13H,3,11H2,1-2H3. The van der Waals surface area contributed by atoms with Crippen LogP contribution in [0.2, 0.25) is 0 Å². The van der Waals surface area contributed by atoms with Gasteiger partial charge in [0.15, 0.2) is 5.82 Å². The molecule has 0 radical (unpaired) electrons. The topological polar surface area (TPSA) is 44.9 Å². The summed E-state index contributed by atoms with van der Waals surface area (Å²) >= 11 is 0. The molecule has 1 aromatic carbocycles. The molecule has 2 aromatic heterocycles. The van der Waals surface area contributed by atoms with Gasteiger partial charge in [-0.3, -0.25) is 0 Å². The Hall–Kier alpha value is -2.65. The maximum Gasteiger partial charge on any atom is 0.168 e. The fraction of sp³-hybridized carbons (Fsp3) is 0.294. The first-order chi connectivity index (χ1) is 11.2. The van der Waals surface area contributed by atoms with Gasteiger partial charge in [-0.15, -0.1) is 5.92 Å². The molecule has 6 heteroatoms. The molecule has 0 amide bonds. The first kappa shape index (κ1) is 15.3. The number of nitrogens with zero attached hydrogens (tertiary/aromatic N) is 4. The van der Waals surface area contributed by atoms with Gasteiger partial charge in [-0.2, -0.15) is 9.89 Å². The highest BCUT2D eigenvalue weighted by Crippen LogP contribution is 2.14. The maximum atomic E-state index is 14.1. The largest absolute Gasteiger partial charge is 0.359 e. The van der Waals surface area contributed by atoms with E-state index in [0.29, 0.717) is 0 Å². The highest BCUT2D eigenvalue weighted by molar-refractivity contribution is 5.74. The van der Waals surface area contributed by atoms with Crippen molar-refractivity contribution < 1.29 is 9.13 Å². The van der Waals surface area contributed by atoms with Crippen molar-refractivity contribution in [2.45, 2.75) is 33.0 Å². The van der Waals surface area contributed by atoms with Crippen LogP contribution in [-0.4, -0.2) is 25.7 Å². The molecule has 1 unspecified atom stereocenters. The van der Waals surface area contributed by atoms with Crippen LogP contribution in [0.3, 0.4) is 0 Å². The molecule has 3 rings (SSSR count). The zero-order valence-electron chi connectivity index (χ0n) is 13.0. The van der Waals surface area contributed by atoms with Gasteiger partial charge in [0.05, 0.1) is 23.8 Å². The van der Waals surface area contributed by atoms with Crippen LogP contribution in [0.4, 0.5) is 4.39 Å². The van der Waals surface area contributed by atoms with E-state index in [1.807, 2.05) is 38.1 Å². The number of rotatable bonds is 4. The lowest BCUT2D eigenvalue weighted by atomic mass is 10.3. The third kappa shape index (κ3) is 3.25. The molecular formula is C17H17FN4O. The van der Waals surface area contributed by atoms with E-state index in [2.05, 4.69) is 21.9 Å². The number of benzene rings is 1. The zero-order chi connectivity index (χ0) is 16.2.